The minimum absolute atomic E-state index is 0.126. The van der Waals surface area contributed by atoms with Gasteiger partial charge in [0.15, 0.2) is 0 Å². The molecule has 2 amide bonds. The molecule has 2 fully saturated rings. The van der Waals surface area contributed by atoms with Gasteiger partial charge in [0.1, 0.15) is 0 Å². The van der Waals surface area contributed by atoms with Gasteiger partial charge in [0, 0.05) is 65.8 Å². The zero-order valence-electron chi connectivity index (χ0n) is 16.0. The van der Waals surface area contributed by atoms with Crippen LogP contribution in [0.2, 0.25) is 0 Å². The van der Waals surface area contributed by atoms with Crippen LogP contribution >= 0.6 is 0 Å². The van der Waals surface area contributed by atoms with Gasteiger partial charge in [-0.15, -0.1) is 0 Å². The SMILES string of the molecule is CC(=O)N1CCN(CC(=O)N2CCN(Cc3cccc(C)c3)CC2)CC1. The van der Waals surface area contributed by atoms with Crippen molar-refractivity contribution in [1.82, 2.24) is 19.6 Å². The predicted octanol–water partition coefficient (Wildman–Crippen LogP) is 0.803. The Morgan fingerprint density at radius 3 is 2.12 bits per heavy atom. The molecule has 1 aromatic rings. The van der Waals surface area contributed by atoms with Crippen molar-refractivity contribution in [1.29, 1.82) is 0 Å². The van der Waals surface area contributed by atoms with Crippen molar-refractivity contribution in [2.75, 3.05) is 58.9 Å². The highest BCUT2D eigenvalue weighted by molar-refractivity contribution is 5.78. The van der Waals surface area contributed by atoms with Crippen LogP contribution in [-0.4, -0.2) is 90.3 Å². The van der Waals surface area contributed by atoms with Crippen molar-refractivity contribution >= 4 is 11.8 Å². The lowest BCUT2D eigenvalue weighted by molar-refractivity contribution is -0.135. The molecule has 0 saturated carbocycles. The van der Waals surface area contributed by atoms with Gasteiger partial charge in [-0.05, 0) is 12.5 Å². The number of carbonyl (C=O) groups is 2. The molecule has 0 spiro atoms. The first-order chi connectivity index (χ1) is 12.5. The van der Waals surface area contributed by atoms with E-state index in [1.54, 1.807) is 6.92 Å². The number of aryl methyl sites for hydroxylation is 1. The van der Waals surface area contributed by atoms with Crippen LogP contribution in [0.3, 0.4) is 0 Å². The lowest BCUT2D eigenvalue weighted by atomic mass is 10.1. The van der Waals surface area contributed by atoms with E-state index in [-0.39, 0.29) is 11.8 Å². The highest BCUT2D eigenvalue weighted by Gasteiger charge is 2.25. The van der Waals surface area contributed by atoms with Crippen LogP contribution in [0.1, 0.15) is 18.1 Å². The summed E-state index contributed by atoms with van der Waals surface area (Å²) in [6.45, 7) is 11.7. The smallest absolute Gasteiger partial charge is 0.236 e. The summed E-state index contributed by atoms with van der Waals surface area (Å²) in [7, 11) is 0. The Morgan fingerprint density at radius 2 is 1.50 bits per heavy atom. The number of nitrogens with zero attached hydrogens (tertiary/aromatic N) is 4. The Hall–Kier alpha value is -1.92. The molecule has 0 unspecified atom stereocenters. The van der Waals surface area contributed by atoms with Crippen LogP contribution < -0.4 is 0 Å². The normalized spacial score (nSPS) is 19.6. The van der Waals surface area contributed by atoms with Gasteiger partial charge < -0.3 is 9.80 Å². The Labute approximate surface area is 156 Å². The van der Waals surface area contributed by atoms with Gasteiger partial charge in [-0.2, -0.15) is 0 Å². The summed E-state index contributed by atoms with van der Waals surface area (Å²) in [6, 6.07) is 8.63. The highest BCUT2D eigenvalue weighted by atomic mass is 16.2. The first-order valence-electron chi connectivity index (χ1n) is 9.55. The number of rotatable bonds is 4. The summed E-state index contributed by atoms with van der Waals surface area (Å²) in [5.74, 6) is 0.345. The van der Waals surface area contributed by atoms with Crippen molar-refractivity contribution in [3.8, 4) is 0 Å². The number of carbonyl (C=O) groups excluding carboxylic acids is 2. The average molecular weight is 358 g/mol. The zero-order valence-corrected chi connectivity index (χ0v) is 16.0. The van der Waals surface area contributed by atoms with Crippen molar-refractivity contribution in [3.63, 3.8) is 0 Å². The maximum absolute atomic E-state index is 12.6. The standard InChI is InChI=1S/C20H30N4O2/c1-17-4-3-5-19(14-17)15-21-8-12-24(13-9-21)20(26)16-22-6-10-23(11-7-22)18(2)25/h3-5,14H,6-13,15-16H2,1-2H3. The van der Waals surface area contributed by atoms with E-state index in [0.717, 1.165) is 58.9 Å². The van der Waals surface area contributed by atoms with Crippen LogP contribution in [0.4, 0.5) is 0 Å². The molecule has 0 aromatic heterocycles. The minimum Gasteiger partial charge on any atom is -0.340 e. The molecule has 26 heavy (non-hydrogen) atoms. The number of amides is 2. The molecule has 6 heteroatoms. The second-order valence-electron chi connectivity index (χ2n) is 7.43. The highest BCUT2D eigenvalue weighted by Crippen LogP contribution is 2.11. The fourth-order valence-corrected chi connectivity index (χ4v) is 3.74. The van der Waals surface area contributed by atoms with E-state index in [1.807, 2.05) is 9.80 Å². The molecular weight excluding hydrogens is 328 g/mol. The van der Waals surface area contributed by atoms with Crippen molar-refractivity contribution in [3.05, 3.63) is 35.4 Å². The monoisotopic (exact) mass is 358 g/mol. The summed E-state index contributed by atoms with van der Waals surface area (Å²) >= 11 is 0. The van der Waals surface area contributed by atoms with E-state index in [2.05, 4.69) is 41.0 Å². The van der Waals surface area contributed by atoms with Crippen LogP contribution in [0.15, 0.2) is 24.3 Å². The second-order valence-corrected chi connectivity index (χ2v) is 7.43. The topological polar surface area (TPSA) is 47.1 Å². The van der Waals surface area contributed by atoms with E-state index in [4.69, 9.17) is 0 Å². The largest absolute Gasteiger partial charge is 0.340 e. The number of hydrogen-bond acceptors (Lipinski definition) is 4. The van der Waals surface area contributed by atoms with E-state index < -0.39 is 0 Å². The van der Waals surface area contributed by atoms with Gasteiger partial charge in [-0.25, -0.2) is 0 Å². The van der Waals surface area contributed by atoms with Crippen LogP contribution in [0, 0.1) is 6.92 Å². The Kier molecular flexibility index (Phi) is 6.27. The van der Waals surface area contributed by atoms with Gasteiger partial charge in [0.05, 0.1) is 6.54 Å². The Morgan fingerprint density at radius 1 is 0.885 bits per heavy atom. The fourth-order valence-electron chi connectivity index (χ4n) is 3.74. The molecule has 2 aliphatic rings. The molecule has 2 heterocycles. The molecule has 1 aromatic carbocycles. The van der Waals surface area contributed by atoms with Gasteiger partial charge in [-0.3, -0.25) is 19.4 Å². The third kappa shape index (κ3) is 5.05. The third-order valence-electron chi connectivity index (χ3n) is 5.39. The number of benzene rings is 1. The molecule has 142 valence electrons. The molecule has 2 aliphatic heterocycles. The van der Waals surface area contributed by atoms with Crippen molar-refractivity contribution < 1.29 is 9.59 Å². The first kappa shape index (κ1) is 18.9. The number of hydrogen-bond donors (Lipinski definition) is 0. The lowest BCUT2D eigenvalue weighted by Gasteiger charge is -2.37. The molecule has 6 nitrogen and oxygen atoms in total. The number of piperazine rings is 2. The molecule has 0 aliphatic carbocycles. The molecule has 3 rings (SSSR count). The van der Waals surface area contributed by atoms with E-state index >= 15 is 0 Å². The summed E-state index contributed by atoms with van der Waals surface area (Å²) < 4.78 is 0. The zero-order chi connectivity index (χ0) is 18.5. The molecule has 0 bridgehead atoms. The Bertz CT molecular complexity index is 632. The summed E-state index contributed by atoms with van der Waals surface area (Å²) in [5, 5.41) is 0. The minimum atomic E-state index is 0.126. The van der Waals surface area contributed by atoms with Gasteiger partial charge in [-0.1, -0.05) is 29.8 Å². The van der Waals surface area contributed by atoms with Crippen LogP contribution in [0.5, 0.6) is 0 Å². The molecule has 2 saturated heterocycles. The maximum Gasteiger partial charge on any atom is 0.236 e. The van der Waals surface area contributed by atoms with Crippen LogP contribution in [-0.2, 0) is 16.1 Å². The van der Waals surface area contributed by atoms with Gasteiger partial charge >= 0.3 is 0 Å². The molecular formula is C20H30N4O2. The fraction of sp³-hybridized carbons (Fsp3) is 0.600. The van der Waals surface area contributed by atoms with Gasteiger partial charge in [0.25, 0.3) is 0 Å². The maximum atomic E-state index is 12.6. The second kappa shape index (κ2) is 8.64. The quantitative estimate of drug-likeness (QED) is 0.799. The van der Waals surface area contributed by atoms with E-state index in [9.17, 15) is 9.59 Å². The summed E-state index contributed by atoms with van der Waals surface area (Å²) in [4.78, 5) is 32.4. The molecule has 0 radical (unpaired) electrons. The van der Waals surface area contributed by atoms with Gasteiger partial charge in [0.2, 0.25) is 11.8 Å². The third-order valence-corrected chi connectivity index (χ3v) is 5.39. The summed E-state index contributed by atoms with van der Waals surface area (Å²) in [5.41, 5.74) is 2.63. The Balaban J connectivity index is 1.40. The van der Waals surface area contributed by atoms with Crippen molar-refractivity contribution in [2.24, 2.45) is 0 Å². The summed E-state index contributed by atoms with van der Waals surface area (Å²) in [6.07, 6.45) is 0. The van der Waals surface area contributed by atoms with E-state index in [1.165, 1.54) is 11.1 Å². The average Bonchev–Trinajstić information content (AvgIpc) is 2.63. The lowest BCUT2D eigenvalue weighted by Crippen LogP contribution is -2.54. The first-order valence-corrected chi connectivity index (χ1v) is 9.55. The molecule has 0 N–H and O–H groups in total. The predicted molar refractivity (Wildman–Crippen MR) is 102 cm³/mol. The van der Waals surface area contributed by atoms with Crippen LogP contribution in [0.25, 0.3) is 0 Å². The van der Waals surface area contributed by atoms with Crippen molar-refractivity contribution in [2.45, 2.75) is 20.4 Å². The molecule has 0 atom stereocenters. The van der Waals surface area contributed by atoms with E-state index in [0.29, 0.717) is 6.54 Å².